The molecule has 0 fully saturated rings. The maximum Gasteiger partial charge on any atom is 0.321 e. The fraction of sp³-hybridized carbons (Fsp3) is 0.276. The Morgan fingerprint density at radius 2 is 1.49 bits per heavy atom. The van der Waals surface area contributed by atoms with E-state index in [4.69, 9.17) is 19.3 Å². The van der Waals surface area contributed by atoms with E-state index in [2.05, 4.69) is 15.9 Å². The fourth-order valence-corrected chi connectivity index (χ4v) is 4.83. The number of ether oxygens (including phenoxy) is 3. The van der Waals surface area contributed by atoms with Gasteiger partial charge in [-0.05, 0) is 73.5 Å². The van der Waals surface area contributed by atoms with E-state index in [1.807, 2.05) is 83.9 Å². The molecule has 3 aromatic carbocycles. The summed E-state index contributed by atoms with van der Waals surface area (Å²) in [5.41, 5.74) is 3.08. The highest BCUT2D eigenvalue weighted by Crippen LogP contribution is 2.45. The van der Waals surface area contributed by atoms with Gasteiger partial charge in [-0.25, -0.2) is 0 Å². The lowest BCUT2D eigenvalue weighted by atomic mass is 9.77. The van der Waals surface area contributed by atoms with Crippen molar-refractivity contribution in [3.05, 3.63) is 94.5 Å². The molecule has 0 spiro atoms. The van der Waals surface area contributed by atoms with Gasteiger partial charge >= 0.3 is 11.9 Å². The third-order valence-electron chi connectivity index (χ3n) is 6.19. The molecule has 2 atom stereocenters. The number of hydrazone groups is 1. The second-order valence-electron chi connectivity index (χ2n) is 8.40. The molecular formula is C29H29BrN2O5. The topological polar surface area (TPSA) is 77.4 Å². The first kappa shape index (κ1) is 26.4. The van der Waals surface area contributed by atoms with Gasteiger partial charge in [0.1, 0.15) is 5.75 Å². The number of esters is 2. The second kappa shape index (κ2) is 12.1. The number of halogens is 1. The summed E-state index contributed by atoms with van der Waals surface area (Å²) in [6.45, 7) is 3.72. The lowest BCUT2D eigenvalue weighted by molar-refractivity contribution is -0.163. The first-order chi connectivity index (χ1) is 18.0. The van der Waals surface area contributed by atoms with E-state index >= 15 is 0 Å². The van der Waals surface area contributed by atoms with Gasteiger partial charge in [-0.2, -0.15) is 5.10 Å². The van der Waals surface area contributed by atoms with E-state index in [1.165, 1.54) is 0 Å². The van der Waals surface area contributed by atoms with Crippen molar-refractivity contribution in [2.75, 3.05) is 25.3 Å². The van der Waals surface area contributed by atoms with Crippen molar-refractivity contribution in [3.63, 3.8) is 0 Å². The molecule has 0 saturated carbocycles. The van der Waals surface area contributed by atoms with Gasteiger partial charge in [0.05, 0.1) is 43.7 Å². The predicted octanol–water partition coefficient (Wildman–Crippen LogP) is 5.78. The van der Waals surface area contributed by atoms with Crippen LogP contribution >= 0.6 is 15.9 Å². The number of anilines is 1. The maximum atomic E-state index is 13.4. The van der Waals surface area contributed by atoms with Crippen molar-refractivity contribution in [1.29, 1.82) is 0 Å². The van der Waals surface area contributed by atoms with Crippen LogP contribution in [0.5, 0.6) is 5.75 Å². The van der Waals surface area contributed by atoms with Crippen molar-refractivity contribution in [1.82, 2.24) is 0 Å². The Hall–Kier alpha value is -3.65. The number of methoxy groups -OCH3 is 1. The highest BCUT2D eigenvalue weighted by Gasteiger charge is 2.51. The number of hydrogen-bond donors (Lipinski definition) is 0. The summed E-state index contributed by atoms with van der Waals surface area (Å²) < 4.78 is 17.1. The summed E-state index contributed by atoms with van der Waals surface area (Å²) in [7, 11) is 1.60. The standard InChI is InChI=1S/C29H29BrN2O5/c1-4-36-28(33)25(29(34)37-5-2)24-26(19-11-17-23(35-3)18-12-19)31-32(22-15-13-21(30)14-16-22)27(24)20-9-7-6-8-10-20/h6-18,24-25,27H,4-5H2,1-3H3/t24-,27+/m0/s1. The van der Waals surface area contributed by atoms with Crippen LogP contribution in [0.25, 0.3) is 0 Å². The van der Waals surface area contributed by atoms with E-state index in [9.17, 15) is 9.59 Å². The molecule has 37 heavy (non-hydrogen) atoms. The van der Waals surface area contributed by atoms with Crippen LogP contribution < -0.4 is 9.75 Å². The van der Waals surface area contributed by atoms with Crippen LogP contribution in [0.15, 0.2) is 88.4 Å². The Bertz CT molecular complexity index is 1230. The lowest BCUT2D eigenvalue weighted by Crippen LogP contribution is -2.41. The normalized spacial score (nSPS) is 16.9. The Kier molecular flexibility index (Phi) is 8.61. The average molecular weight is 565 g/mol. The number of nitrogens with zero attached hydrogens (tertiary/aromatic N) is 2. The molecule has 3 aromatic rings. The van der Waals surface area contributed by atoms with Gasteiger partial charge in [-0.1, -0.05) is 46.3 Å². The highest BCUT2D eigenvalue weighted by atomic mass is 79.9. The summed E-state index contributed by atoms with van der Waals surface area (Å²) in [5.74, 6) is -2.48. The molecule has 0 bridgehead atoms. The molecule has 0 aromatic heterocycles. The van der Waals surface area contributed by atoms with Crippen LogP contribution in [-0.2, 0) is 19.1 Å². The summed E-state index contributed by atoms with van der Waals surface area (Å²) in [4.78, 5) is 26.7. The minimum absolute atomic E-state index is 0.142. The molecule has 1 aliphatic heterocycles. The van der Waals surface area contributed by atoms with Gasteiger partial charge in [-0.3, -0.25) is 14.6 Å². The Labute approximate surface area is 225 Å². The molecule has 192 valence electrons. The number of benzene rings is 3. The Morgan fingerprint density at radius 1 is 0.892 bits per heavy atom. The zero-order chi connectivity index (χ0) is 26.4. The van der Waals surface area contributed by atoms with Crippen molar-refractivity contribution in [3.8, 4) is 5.75 Å². The largest absolute Gasteiger partial charge is 0.497 e. The smallest absolute Gasteiger partial charge is 0.321 e. The number of carbonyl (C=O) groups is 2. The predicted molar refractivity (Wildman–Crippen MR) is 146 cm³/mol. The van der Waals surface area contributed by atoms with Crippen molar-refractivity contribution in [2.24, 2.45) is 16.9 Å². The first-order valence-electron chi connectivity index (χ1n) is 12.1. The first-order valence-corrected chi connectivity index (χ1v) is 12.9. The minimum Gasteiger partial charge on any atom is -0.497 e. The molecule has 4 rings (SSSR count). The summed E-state index contributed by atoms with van der Waals surface area (Å²) in [6.07, 6.45) is 0. The van der Waals surface area contributed by atoms with Crippen molar-refractivity contribution >= 4 is 39.3 Å². The van der Waals surface area contributed by atoms with Gasteiger partial charge in [0, 0.05) is 4.47 Å². The summed E-state index contributed by atoms with van der Waals surface area (Å²) >= 11 is 3.50. The van der Waals surface area contributed by atoms with Gasteiger partial charge < -0.3 is 14.2 Å². The Balaban J connectivity index is 1.94. The maximum absolute atomic E-state index is 13.4. The fourth-order valence-electron chi connectivity index (χ4n) is 4.56. The molecule has 0 amide bonds. The summed E-state index contributed by atoms with van der Waals surface area (Å²) in [5, 5.41) is 6.91. The van der Waals surface area contributed by atoms with Gasteiger partial charge in [0.25, 0.3) is 0 Å². The monoisotopic (exact) mass is 564 g/mol. The molecular weight excluding hydrogens is 536 g/mol. The van der Waals surface area contributed by atoms with Crippen molar-refractivity contribution < 1.29 is 23.8 Å². The molecule has 1 heterocycles. The van der Waals surface area contributed by atoms with E-state index < -0.39 is 29.8 Å². The quantitative estimate of drug-likeness (QED) is 0.242. The SMILES string of the molecule is CCOC(=O)C(C(=O)OCC)[C@H]1C(c2ccc(OC)cc2)=NN(c2ccc(Br)cc2)[C@@H]1c1ccccc1. The third-order valence-corrected chi connectivity index (χ3v) is 6.72. The van der Waals surface area contributed by atoms with Crippen LogP contribution in [0.2, 0.25) is 0 Å². The van der Waals surface area contributed by atoms with E-state index in [0.717, 1.165) is 21.3 Å². The van der Waals surface area contributed by atoms with Gasteiger partial charge in [0.15, 0.2) is 5.92 Å². The summed E-state index contributed by atoms with van der Waals surface area (Å²) in [6, 6.07) is 24.4. The number of rotatable bonds is 9. The molecule has 0 aliphatic carbocycles. The van der Waals surface area contributed by atoms with Gasteiger partial charge in [-0.15, -0.1) is 0 Å². The van der Waals surface area contributed by atoms with Crippen LogP contribution in [0.1, 0.15) is 31.0 Å². The van der Waals surface area contributed by atoms with Crippen LogP contribution in [0.3, 0.4) is 0 Å². The molecule has 0 N–H and O–H groups in total. The second-order valence-corrected chi connectivity index (χ2v) is 9.31. The molecule has 1 aliphatic rings. The van der Waals surface area contributed by atoms with Crippen LogP contribution in [0.4, 0.5) is 5.69 Å². The number of hydrogen-bond acceptors (Lipinski definition) is 7. The molecule has 0 unspecified atom stereocenters. The highest BCUT2D eigenvalue weighted by molar-refractivity contribution is 9.10. The zero-order valence-corrected chi connectivity index (χ0v) is 22.6. The van der Waals surface area contributed by atoms with Crippen LogP contribution in [0, 0.1) is 11.8 Å². The number of carbonyl (C=O) groups excluding carboxylic acids is 2. The molecule has 7 nitrogen and oxygen atoms in total. The third kappa shape index (κ3) is 5.69. The van der Waals surface area contributed by atoms with Gasteiger partial charge in [0.2, 0.25) is 0 Å². The minimum atomic E-state index is -1.22. The van der Waals surface area contributed by atoms with E-state index in [-0.39, 0.29) is 13.2 Å². The van der Waals surface area contributed by atoms with Crippen LogP contribution in [-0.4, -0.2) is 38.0 Å². The Morgan fingerprint density at radius 3 is 2.03 bits per heavy atom. The zero-order valence-electron chi connectivity index (χ0n) is 21.0. The molecule has 0 saturated heterocycles. The average Bonchev–Trinajstić information content (AvgIpc) is 3.30. The van der Waals surface area contributed by atoms with E-state index in [1.54, 1.807) is 21.0 Å². The molecule has 0 radical (unpaired) electrons. The van der Waals surface area contributed by atoms with E-state index in [0.29, 0.717) is 11.5 Å². The van der Waals surface area contributed by atoms with Crippen molar-refractivity contribution in [2.45, 2.75) is 19.9 Å². The molecule has 8 heteroatoms. The lowest BCUT2D eigenvalue weighted by Gasteiger charge is -2.31.